The van der Waals surface area contributed by atoms with E-state index in [1.54, 1.807) is 0 Å². The summed E-state index contributed by atoms with van der Waals surface area (Å²) < 4.78 is 5.86. The van der Waals surface area contributed by atoms with Gasteiger partial charge in [0, 0.05) is 6.42 Å². The van der Waals surface area contributed by atoms with Gasteiger partial charge in [0.1, 0.15) is 5.60 Å². The summed E-state index contributed by atoms with van der Waals surface area (Å²) in [6.45, 7) is 8.89. The fourth-order valence-corrected chi connectivity index (χ4v) is 2.03. The Hall–Kier alpha value is -0.370. The number of hydrogen-bond acceptors (Lipinski definition) is 2. The van der Waals surface area contributed by atoms with Crippen LogP contribution in [0.2, 0.25) is 0 Å². The predicted octanol–water partition coefficient (Wildman–Crippen LogP) is 3.20. The molecule has 0 heterocycles. The number of carbonyl (C=O) groups excluding carboxylic acids is 1. The smallest absolute Gasteiger partial charge is 0.164 e. The predicted molar refractivity (Wildman–Crippen MR) is 61.8 cm³/mol. The van der Waals surface area contributed by atoms with E-state index in [1.165, 1.54) is 12.8 Å². The van der Waals surface area contributed by atoms with Gasteiger partial charge in [-0.15, -0.1) is 0 Å². The number of ketones is 1. The molecule has 2 heteroatoms. The van der Waals surface area contributed by atoms with Gasteiger partial charge in [-0.1, -0.05) is 27.2 Å². The molecule has 0 amide bonds. The van der Waals surface area contributed by atoms with Crippen molar-refractivity contribution in [2.24, 2.45) is 11.8 Å². The summed E-state index contributed by atoms with van der Waals surface area (Å²) in [6, 6.07) is 0. The fraction of sp³-hybridized carbons (Fsp3) is 0.923. The molecule has 1 saturated carbocycles. The normalized spacial score (nSPS) is 29.3. The zero-order valence-corrected chi connectivity index (χ0v) is 10.5. The summed E-state index contributed by atoms with van der Waals surface area (Å²) >= 11 is 0. The Balaban J connectivity index is 2.42. The Morgan fingerprint density at radius 3 is 2.40 bits per heavy atom. The summed E-state index contributed by atoms with van der Waals surface area (Å²) in [7, 11) is 0. The Morgan fingerprint density at radius 2 is 2.07 bits per heavy atom. The molecule has 0 aromatic carbocycles. The first-order chi connectivity index (χ1) is 7.03. The SMILES string of the molecule is CCC(=O)C(C)(CC)OCC1CCC1C. The maximum atomic E-state index is 11.7. The Morgan fingerprint density at radius 1 is 1.40 bits per heavy atom. The molecule has 3 unspecified atom stereocenters. The second-order valence-electron chi connectivity index (χ2n) is 4.99. The van der Waals surface area contributed by atoms with E-state index in [4.69, 9.17) is 4.74 Å². The maximum Gasteiger partial charge on any atom is 0.164 e. The van der Waals surface area contributed by atoms with E-state index >= 15 is 0 Å². The molecule has 0 bridgehead atoms. The van der Waals surface area contributed by atoms with Crippen molar-refractivity contribution in [1.29, 1.82) is 0 Å². The van der Waals surface area contributed by atoms with Crippen molar-refractivity contribution in [2.75, 3.05) is 6.61 Å². The summed E-state index contributed by atoms with van der Waals surface area (Å²) in [5.74, 6) is 1.69. The van der Waals surface area contributed by atoms with Crippen LogP contribution in [-0.4, -0.2) is 18.0 Å². The van der Waals surface area contributed by atoms with Gasteiger partial charge < -0.3 is 4.74 Å². The topological polar surface area (TPSA) is 26.3 Å². The van der Waals surface area contributed by atoms with Gasteiger partial charge >= 0.3 is 0 Å². The Bertz CT molecular complexity index is 225. The average molecular weight is 212 g/mol. The van der Waals surface area contributed by atoms with E-state index in [2.05, 4.69) is 6.92 Å². The van der Waals surface area contributed by atoms with Crippen LogP contribution in [0.3, 0.4) is 0 Å². The molecule has 0 saturated heterocycles. The highest BCUT2D eigenvalue weighted by Crippen LogP contribution is 2.35. The van der Waals surface area contributed by atoms with E-state index < -0.39 is 5.60 Å². The third-order valence-electron chi connectivity index (χ3n) is 4.00. The minimum atomic E-state index is -0.538. The largest absolute Gasteiger partial charge is 0.367 e. The van der Waals surface area contributed by atoms with Crippen LogP contribution in [0.1, 0.15) is 53.4 Å². The molecule has 0 aromatic rings. The van der Waals surface area contributed by atoms with Gasteiger partial charge in [-0.05, 0) is 31.6 Å². The van der Waals surface area contributed by atoms with Crippen LogP contribution in [0.5, 0.6) is 0 Å². The van der Waals surface area contributed by atoms with Gasteiger partial charge in [-0.25, -0.2) is 0 Å². The van der Waals surface area contributed by atoms with E-state index in [0.29, 0.717) is 12.3 Å². The molecule has 1 aliphatic carbocycles. The molecule has 0 aliphatic heterocycles. The number of Topliss-reactive ketones (excluding diaryl/α,β-unsaturated/α-hetero) is 1. The van der Waals surface area contributed by atoms with Crippen LogP contribution in [0.4, 0.5) is 0 Å². The van der Waals surface area contributed by atoms with Crippen LogP contribution in [0.25, 0.3) is 0 Å². The summed E-state index contributed by atoms with van der Waals surface area (Å²) in [6.07, 6.45) is 3.94. The third-order valence-corrected chi connectivity index (χ3v) is 4.00. The number of carbonyl (C=O) groups is 1. The summed E-state index contributed by atoms with van der Waals surface area (Å²) in [5.41, 5.74) is -0.538. The average Bonchev–Trinajstić information content (AvgIpc) is 2.25. The molecule has 0 spiro atoms. The van der Waals surface area contributed by atoms with Crippen LogP contribution >= 0.6 is 0 Å². The zero-order valence-electron chi connectivity index (χ0n) is 10.5. The highest BCUT2D eigenvalue weighted by Gasteiger charge is 2.34. The summed E-state index contributed by atoms with van der Waals surface area (Å²) in [5, 5.41) is 0. The number of hydrogen-bond donors (Lipinski definition) is 0. The zero-order chi connectivity index (χ0) is 11.5. The van der Waals surface area contributed by atoms with Gasteiger partial charge in [0.15, 0.2) is 5.78 Å². The van der Waals surface area contributed by atoms with Crippen molar-refractivity contribution in [2.45, 2.75) is 59.0 Å². The minimum Gasteiger partial charge on any atom is -0.367 e. The van der Waals surface area contributed by atoms with Crippen LogP contribution in [0.15, 0.2) is 0 Å². The molecule has 1 aliphatic rings. The molecule has 2 nitrogen and oxygen atoms in total. The lowest BCUT2D eigenvalue weighted by molar-refractivity contribution is -0.147. The second-order valence-corrected chi connectivity index (χ2v) is 4.99. The van der Waals surface area contributed by atoms with Crippen LogP contribution < -0.4 is 0 Å². The first-order valence-electron chi connectivity index (χ1n) is 6.20. The van der Waals surface area contributed by atoms with Crippen molar-refractivity contribution in [1.82, 2.24) is 0 Å². The highest BCUT2D eigenvalue weighted by atomic mass is 16.5. The molecule has 88 valence electrons. The highest BCUT2D eigenvalue weighted by molar-refractivity contribution is 5.86. The Labute approximate surface area is 93.4 Å². The van der Waals surface area contributed by atoms with Gasteiger partial charge in [0.25, 0.3) is 0 Å². The number of ether oxygens (including phenoxy) is 1. The molecule has 15 heavy (non-hydrogen) atoms. The molecule has 0 N–H and O–H groups in total. The monoisotopic (exact) mass is 212 g/mol. The van der Waals surface area contributed by atoms with E-state index in [1.807, 2.05) is 20.8 Å². The first kappa shape index (κ1) is 12.7. The van der Waals surface area contributed by atoms with Crippen molar-refractivity contribution >= 4 is 5.78 Å². The van der Waals surface area contributed by atoms with Crippen LogP contribution in [0, 0.1) is 11.8 Å². The molecule has 1 fully saturated rings. The molecule has 1 rings (SSSR count). The van der Waals surface area contributed by atoms with Crippen molar-refractivity contribution in [3.05, 3.63) is 0 Å². The minimum absolute atomic E-state index is 0.233. The molecular weight excluding hydrogens is 188 g/mol. The number of rotatable bonds is 6. The van der Waals surface area contributed by atoms with Gasteiger partial charge in [-0.2, -0.15) is 0 Å². The summed E-state index contributed by atoms with van der Waals surface area (Å²) in [4.78, 5) is 11.7. The molecule has 0 aromatic heterocycles. The second kappa shape index (κ2) is 5.11. The third kappa shape index (κ3) is 2.81. The van der Waals surface area contributed by atoms with E-state index in [-0.39, 0.29) is 5.78 Å². The first-order valence-corrected chi connectivity index (χ1v) is 6.20. The van der Waals surface area contributed by atoms with Gasteiger partial charge in [0.05, 0.1) is 6.61 Å². The van der Waals surface area contributed by atoms with Crippen molar-refractivity contribution < 1.29 is 9.53 Å². The lowest BCUT2D eigenvalue weighted by atomic mass is 9.75. The van der Waals surface area contributed by atoms with E-state index in [0.717, 1.165) is 18.9 Å². The van der Waals surface area contributed by atoms with Crippen molar-refractivity contribution in [3.63, 3.8) is 0 Å². The van der Waals surface area contributed by atoms with Crippen molar-refractivity contribution in [3.8, 4) is 0 Å². The van der Waals surface area contributed by atoms with E-state index in [9.17, 15) is 4.79 Å². The molecule has 0 radical (unpaired) electrons. The lowest BCUT2D eigenvalue weighted by Crippen LogP contribution is -2.40. The van der Waals surface area contributed by atoms with Gasteiger partial charge in [-0.3, -0.25) is 4.79 Å². The maximum absolute atomic E-state index is 11.7. The van der Waals surface area contributed by atoms with Crippen LogP contribution in [-0.2, 0) is 9.53 Å². The lowest BCUT2D eigenvalue weighted by Gasteiger charge is -2.37. The molecule has 3 atom stereocenters. The Kier molecular flexibility index (Phi) is 4.32. The quantitative estimate of drug-likeness (QED) is 0.676. The fourth-order valence-electron chi connectivity index (χ4n) is 2.03. The van der Waals surface area contributed by atoms with Gasteiger partial charge in [0.2, 0.25) is 0 Å². The molecular formula is C13H24O2. The standard InChI is InChI=1S/C13H24O2/c1-5-12(14)13(4,6-2)15-9-11-8-7-10(11)3/h10-11H,5-9H2,1-4H3.